The van der Waals surface area contributed by atoms with E-state index in [0.29, 0.717) is 0 Å². The first-order valence-electron chi connectivity index (χ1n) is 5.04. The van der Waals surface area contributed by atoms with Crippen molar-refractivity contribution in [1.82, 2.24) is 0 Å². The van der Waals surface area contributed by atoms with Gasteiger partial charge in [0.15, 0.2) is 5.78 Å². The van der Waals surface area contributed by atoms with Gasteiger partial charge in [0.2, 0.25) is 0 Å². The van der Waals surface area contributed by atoms with Gasteiger partial charge in [0.25, 0.3) is 0 Å². The van der Waals surface area contributed by atoms with Gasteiger partial charge in [-0.1, -0.05) is 42.0 Å². The third kappa shape index (κ3) is 2.32. The van der Waals surface area contributed by atoms with Gasteiger partial charge in [0.05, 0.1) is 0 Å². The molecule has 1 nitrogen and oxygen atoms in total. The second-order valence-corrected chi connectivity index (χ2v) is 4.84. The Labute approximate surface area is 109 Å². The first-order valence-corrected chi connectivity index (χ1v) is 6.12. The fourth-order valence-corrected chi connectivity index (χ4v) is 2.14. The molecule has 0 aliphatic carbocycles. The molecule has 0 unspecified atom stereocenters. The molecule has 0 N–H and O–H groups in total. The van der Waals surface area contributed by atoms with Crippen LogP contribution in [0.5, 0.6) is 0 Å². The van der Waals surface area contributed by atoms with E-state index in [2.05, 4.69) is 22.6 Å². The van der Waals surface area contributed by atoms with Crippen LogP contribution in [0.15, 0.2) is 48.5 Å². The van der Waals surface area contributed by atoms with Crippen LogP contribution in [-0.4, -0.2) is 5.78 Å². The summed E-state index contributed by atoms with van der Waals surface area (Å²) >= 11 is 2.19. The maximum absolute atomic E-state index is 12.2. The minimum atomic E-state index is 0.0880. The van der Waals surface area contributed by atoms with E-state index >= 15 is 0 Å². The molecule has 0 aliphatic rings. The normalized spacial score (nSPS) is 10.1. The Morgan fingerprint density at radius 2 is 1.62 bits per heavy atom. The Morgan fingerprint density at radius 3 is 2.25 bits per heavy atom. The molecule has 80 valence electrons. The number of halogens is 1. The molecule has 2 aromatic carbocycles. The quantitative estimate of drug-likeness (QED) is 0.607. The van der Waals surface area contributed by atoms with Crippen molar-refractivity contribution in [3.05, 3.63) is 68.8 Å². The van der Waals surface area contributed by atoms with Crippen LogP contribution in [0.3, 0.4) is 0 Å². The topological polar surface area (TPSA) is 17.1 Å². The molecule has 0 heterocycles. The Balaban J connectivity index is 2.40. The van der Waals surface area contributed by atoms with Crippen molar-refractivity contribution in [1.29, 1.82) is 0 Å². The van der Waals surface area contributed by atoms with E-state index in [1.54, 1.807) is 0 Å². The SMILES string of the molecule is Cc1ccc(C(=O)c2ccccc2I)cc1. The molecule has 0 fully saturated rings. The van der Waals surface area contributed by atoms with E-state index in [0.717, 1.165) is 14.7 Å². The fraction of sp³-hybridized carbons (Fsp3) is 0.0714. The van der Waals surface area contributed by atoms with Crippen LogP contribution in [0.25, 0.3) is 0 Å². The number of hydrogen-bond acceptors (Lipinski definition) is 1. The summed E-state index contributed by atoms with van der Waals surface area (Å²) in [5, 5.41) is 0. The second kappa shape index (κ2) is 4.78. The van der Waals surface area contributed by atoms with Crippen molar-refractivity contribution in [2.75, 3.05) is 0 Å². The third-order valence-electron chi connectivity index (χ3n) is 2.43. The number of carbonyl (C=O) groups excluding carboxylic acids is 1. The molecule has 0 aromatic heterocycles. The Kier molecular flexibility index (Phi) is 3.39. The number of hydrogen-bond donors (Lipinski definition) is 0. The van der Waals surface area contributed by atoms with Crippen LogP contribution in [0.1, 0.15) is 21.5 Å². The molecule has 0 atom stereocenters. The minimum absolute atomic E-state index is 0.0880. The van der Waals surface area contributed by atoms with Gasteiger partial charge in [-0.15, -0.1) is 0 Å². The molecule has 2 rings (SSSR count). The third-order valence-corrected chi connectivity index (χ3v) is 3.37. The van der Waals surface area contributed by atoms with Crippen molar-refractivity contribution in [3.63, 3.8) is 0 Å². The lowest BCUT2D eigenvalue weighted by molar-refractivity contribution is 0.103. The second-order valence-electron chi connectivity index (χ2n) is 3.67. The summed E-state index contributed by atoms with van der Waals surface area (Å²) in [6.45, 7) is 2.01. The zero-order valence-electron chi connectivity index (χ0n) is 8.91. The van der Waals surface area contributed by atoms with Crippen LogP contribution in [0, 0.1) is 10.5 Å². The average Bonchev–Trinajstić information content (AvgIpc) is 2.30. The fourth-order valence-electron chi connectivity index (χ4n) is 1.51. The molecule has 0 amide bonds. The summed E-state index contributed by atoms with van der Waals surface area (Å²) < 4.78 is 0.991. The van der Waals surface area contributed by atoms with E-state index in [-0.39, 0.29) is 5.78 Å². The summed E-state index contributed by atoms with van der Waals surface area (Å²) in [6.07, 6.45) is 0. The van der Waals surface area contributed by atoms with Crippen LogP contribution in [0.2, 0.25) is 0 Å². The number of benzene rings is 2. The summed E-state index contributed by atoms with van der Waals surface area (Å²) in [5.41, 5.74) is 2.68. The highest BCUT2D eigenvalue weighted by Gasteiger charge is 2.10. The van der Waals surface area contributed by atoms with E-state index in [1.807, 2.05) is 55.5 Å². The monoisotopic (exact) mass is 322 g/mol. The van der Waals surface area contributed by atoms with Crippen molar-refractivity contribution in [2.45, 2.75) is 6.92 Å². The number of aryl methyl sites for hydroxylation is 1. The minimum Gasteiger partial charge on any atom is -0.289 e. The smallest absolute Gasteiger partial charge is 0.194 e. The maximum Gasteiger partial charge on any atom is 0.194 e. The molecule has 0 aliphatic heterocycles. The Hall–Kier alpha value is -1.16. The van der Waals surface area contributed by atoms with Crippen LogP contribution >= 0.6 is 22.6 Å². The molecular weight excluding hydrogens is 311 g/mol. The molecule has 2 heteroatoms. The number of carbonyl (C=O) groups is 1. The van der Waals surface area contributed by atoms with Crippen molar-refractivity contribution in [3.8, 4) is 0 Å². The largest absolute Gasteiger partial charge is 0.289 e. The van der Waals surface area contributed by atoms with E-state index < -0.39 is 0 Å². The van der Waals surface area contributed by atoms with Gasteiger partial charge >= 0.3 is 0 Å². The lowest BCUT2D eigenvalue weighted by atomic mass is 10.0. The van der Waals surface area contributed by atoms with Crippen molar-refractivity contribution >= 4 is 28.4 Å². The summed E-state index contributed by atoms with van der Waals surface area (Å²) in [5.74, 6) is 0.0880. The summed E-state index contributed by atoms with van der Waals surface area (Å²) in [7, 11) is 0. The molecule has 0 spiro atoms. The van der Waals surface area contributed by atoms with Gasteiger partial charge in [-0.25, -0.2) is 0 Å². The molecule has 0 bridgehead atoms. The number of ketones is 1. The number of rotatable bonds is 2. The highest BCUT2D eigenvalue weighted by atomic mass is 127. The molecule has 16 heavy (non-hydrogen) atoms. The molecular formula is C14H11IO. The van der Waals surface area contributed by atoms with Crippen LogP contribution in [-0.2, 0) is 0 Å². The summed E-state index contributed by atoms with van der Waals surface area (Å²) in [4.78, 5) is 12.2. The zero-order valence-corrected chi connectivity index (χ0v) is 11.1. The van der Waals surface area contributed by atoms with Gasteiger partial charge in [-0.3, -0.25) is 4.79 Å². The van der Waals surface area contributed by atoms with Crippen LogP contribution < -0.4 is 0 Å². The van der Waals surface area contributed by atoms with Crippen molar-refractivity contribution < 1.29 is 4.79 Å². The molecule has 0 saturated carbocycles. The van der Waals surface area contributed by atoms with Gasteiger partial charge in [-0.2, -0.15) is 0 Å². The van der Waals surface area contributed by atoms with Gasteiger partial charge < -0.3 is 0 Å². The van der Waals surface area contributed by atoms with E-state index in [4.69, 9.17) is 0 Å². The molecule has 2 aromatic rings. The molecule has 0 saturated heterocycles. The van der Waals surface area contributed by atoms with E-state index in [1.165, 1.54) is 5.56 Å². The average molecular weight is 322 g/mol. The van der Waals surface area contributed by atoms with Gasteiger partial charge in [-0.05, 0) is 41.6 Å². The van der Waals surface area contributed by atoms with Gasteiger partial charge in [0.1, 0.15) is 0 Å². The lowest BCUT2D eigenvalue weighted by Crippen LogP contribution is -2.03. The standard InChI is InChI=1S/C14H11IO/c1-10-6-8-11(9-7-10)14(16)12-4-2-3-5-13(12)15/h2-9H,1H3. The van der Waals surface area contributed by atoms with E-state index in [9.17, 15) is 4.79 Å². The molecule has 0 radical (unpaired) electrons. The predicted molar refractivity (Wildman–Crippen MR) is 73.8 cm³/mol. The van der Waals surface area contributed by atoms with Crippen LogP contribution in [0.4, 0.5) is 0 Å². The highest BCUT2D eigenvalue weighted by Crippen LogP contribution is 2.16. The lowest BCUT2D eigenvalue weighted by Gasteiger charge is -2.03. The van der Waals surface area contributed by atoms with Crippen molar-refractivity contribution in [2.24, 2.45) is 0 Å². The maximum atomic E-state index is 12.2. The highest BCUT2D eigenvalue weighted by molar-refractivity contribution is 14.1. The Morgan fingerprint density at radius 1 is 1.00 bits per heavy atom. The first kappa shape index (κ1) is 11.3. The first-order chi connectivity index (χ1) is 7.68. The zero-order chi connectivity index (χ0) is 11.5. The van der Waals surface area contributed by atoms with Gasteiger partial charge in [0, 0.05) is 14.7 Å². The summed E-state index contributed by atoms with van der Waals surface area (Å²) in [6, 6.07) is 15.3. The predicted octanol–water partition coefficient (Wildman–Crippen LogP) is 3.83. The Bertz CT molecular complexity index is 515.